The van der Waals surface area contributed by atoms with Crippen LogP contribution in [0.4, 0.5) is 0 Å². The van der Waals surface area contributed by atoms with Gasteiger partial charge in [-0.1, -0.05) is 23.8 Å². The predicted molar refractivity (Wildman–Crippen MR) is 91.5 cm³/mol. The van der Waals surface area contributed by atoms with Gasteiger partial charge < -0.3 is 14.8 Å². The first-order valence-electron chi connectivity index (χ1n) is 7.56. The number of phenols is 1. The number of rotatable bonds is 4. The lowest BCUT2D eigenvalue weighted by atomic mass is 10.0. The second-order valence-corrected chi connectivity index (χ2v) is 5.87. The van der Waals surface area contributed by atoms with Gasteiger partial charge in [0.15, 0.2) is 5.43 Å². The van der Waals surface area contributed by atoms with Crippen molar-refractivity contribution in [3.8, 4) is 5.75 Å². The second-order valence-electron chi connectivity index (χ2n) is 5.87. The highest BCUT2D eigenvalue weighted by molar-refractivity contribution is 5.82. The molecule has 0 saturated carbocycles. The number of hydrogen-bond acceptors (Lipinski definition) is 3. The van der Waals surface area contributed by atoms with E-state index in [1.165, 1.54) is 0 Å². The van der Waals surface area contributed by atoms with Crippen LogP contribution in [0.1, 0.15) is 16.7 Å². The molecule has 24 heavy (non-hydrogen) atoms. The first kappa shape index (κ1) is 15.8. The SMILES string of the molecule is Cc1ccc2c(c1)c(=O)c(Cc1cccc(O)c1)cn2CC(=O)O. The van der Waals surface area contributed by atoms with Crippen LogP contribution in [0.3, 0.4) is 0 Å². The Morgan fingerprint density at radius 3 is 2.67 bits per heavy atom. The molecule has 1 aromatic heterocycles. The van der Waals surface area contributed by atoms with Gasteiger partial charge in [-0.25, -0.2) is 0 Å². The molecule has 3 rings (SSSR count). The normalized spacial score (nSPS) is 10.9. The molecule has 0 amide bonds. The molecule has 0 unspecified atom stereocenters. The number of fused-ring (bicyclic) bond motifs is 1. The van der Waals surface area contributed by atoms with E-state index in [0.717, 1.165) is 11.1 Å². The Morgan fingerprint density at radius 1 is 1.17 bits per heavy atom. The van der Waals surface area contributed by atoms with Crippen LogP contribution in [-0.4, -0.2) is 20.7 Å². The fraction of sp³-hybridized carbons (Fsp3) is 0.158. The third-order valence-electron chi connectivity index (χ3n) is 3.92. The van der Waals surface area contributed by atoms with Crippen molar-refractivity contribution in [1.29, 1.82) is 0 Å². The maximum atomic E-state index is 12.8. The summed E-state index contributed by atoms with van der Waals surface area (Å²) in [7, 11) is 0. The smallest absolute Gasteiger partial charge is 0.323 e. The Hall–Kier alpha value is -3.08. The number of nitrogens with zero attached hydrogens (tertiary/aromatic N) is 1. The summed E-state index contributed by atoms with van der Waals surface area (Å²) in [5.41, 5.74) is 2.73. The van der Waals surface area contributed by atoms with Gasteiger partial charge >= 0.3 is 5.97 Å². The molecule has 0 atom stereocenters. The molecule has 0 bridgehead atoms. The number of phenolic OH excluding ortho intramolecular Hbond substituents is 1. The van der Waals surface area contributed by atoms with E-state index in [4.69, 9.17) is 5.11 Å². The lowest BCUT2D eigenvalue weighted by Crippen LogP contribution is -2.18. The van der Waals surface area contributed by atoms with E-state index in [2.05, 4.69) is 0 Å². The minimum Gasteiger partial charge on any atom is -0.508 e. The van der Waals surface area contributed by atoms with Crippen LogP contribution in [-0.2, 0) is 17.8 Å². The van der Waals surface area contributed by atoms with E-state index in [1.807, 2.05) is 19.1 Å². The molecule has 0 aliphatic carbocycles. The van der Waals surface area contributed by atoms with Gasteiger partial charge in [0, 0.05) is 23.6 Å². The monoisotopic (exact) mass is 323 g/mol. The quantitative estimate of drug-likeness (QED) is 0.773. The van der Waals surface area contributed by atoms with Crippen LogP contribution in [0.2, 0.25) is 0 Å². The zero-order chi connectivity index (χ0) is 17.3. The number of pyridine rings is 1. The first-order valence-corrected chi connectivity index (χ1v) is 7.56. The zero-order valence-corrected chi connectivity index (χ0v) is 13.2. The zero-order valence-electron chi connectivity index (χ0n) is 13.2. The van der Waals surface area contributed by atoms with E-state index in [1.54, 1.807) is 41.1 Å². The third kappa shape index (κ3) is 3.15. The lowest BCUT2D eigenvalue weighted by Gasteiger charge is -2.12. The summed E-state index contributed by atoms with van der Waals surface area (Å²) in [5, 5.41) is 19.2. The average molecular weight is 323 g/mol. The van der Waals surface area contributed by atoms with Crippen molar-refractivity contribution < 1.29 is 15.0 Å². The summed E-state index contributed by atoms with van der Waals surface area (Å²) in [5.74, 6) is -0.834. The summed E-state index contributed by atoms with van der Waals surface area (Å²) in [4.78, 5) is 23.9. The molecule has 122 valence electrons. The van der Waals surface area contributed by atoms with Crippen LogP contribution >= 0.6 is 0 Å². The Balaban J connectivity index is 2.18. The highest BCUT2D eigenvalue weighted by Crippen LogP contribution is 2.18. The van der Waals surface area contributed by atoms with Gasteiger partial charge in [0.05, 0.1) is 5.52 Å². The summed E-state index contributed by atoms with van der Waals surface area (Å²) in [6, 6.07) is 12.1. The van der Waals surface area contributed by atoms with Crippen LogP contribution in [0, 0.1) is 6.92 Å². The van der Waals surface area contributed by atoms with Crippen LogP contribution in [0.15, 0.2) is 53.5 Å². The van der Waals surface area contributed by atoms with Crippen molar-refractivity contribution in [2.24, 2.45) is 0 Å². The molecule has 0 saturated heterocycles. The Morgan fingerprint density at radius 2 is 1.96 bits per heavy atom. The van der Waals surface area contributed by atoms with Gasteiger partial charge in [-0.15, -0.1) is 0 Å². The standard InChI is InChI=1S/C19H17NO4/c1-12-5-6-17-16(7-12)19(24)14(10-20(17)11-18(22)23)8-13-3-2-4-15(21)9-13/h2-7,9-10,21H,8,11H2,1H3,(H,22,23). The molecule has 0 aliphatic heterocycles. The second kappa shape index (κ2) is 6.20. The van der Waals surface area contributed by atoms with E-state index in [0.29, 0.717) is 22.9 Å². The highest BCUT2D eigenvalue weighted by atomic mass is 16.4. The summed E-state index contributed by atoms with van der Waals surface area (Å²) in [6.45, 7) is 1.68. The fourth-order valence-electron chi connectivity index (χ4n) is 2.86. The molecule has 1 heterocycles. The summed E-state index contributed by atoms with van der Waals surface area (Å²) in [6.07, 6.45) is 1.93. The molecule has 2 N–H and O–H groups in total. The van der Waals surface area contributed by atoms with Gasteiger partial charge in [0.2, 0.25) is 0 Å². The van der Waals surface area contributed by atoms with Crippen molar-refractivity contribution in [1.82, 2.24) is 4.57 Å². The maximum absolute atomic E-state index is 12.8. The number of carboxylic acids is 1. The fourth-order valence-corrected chi connectivity index (χ4v) is 2.86. The van der Waals surface area contributed by atoms with E-state index >= 15 is 0 Å². The Kier molecular flexibility index (Phi) is 4.08. The van der Waals surface area contributed by atoms with Crippen LogP contribution < -0.4 is 5.43 Å². The van der Waals surface area contributed by atoms with Gasteiger partial charge in [0.1, 0.15) is 12.3 Å². The van der Waals surface area contributed by atoms with E-state index < -0.39 is 5.97 Å². The number of aromatic nitrogens is 1. The Labute approximate surface area is 138 Å². The minimum absolute atomic E-state index is 0.112. The van der Waals surface area contributed by atoms with Gasteiger partial charge in [-0.05, 0) is 36.8 Å². The maximum Gasteiger partial charge on any atom is 0.323 e. The van der Waals surface area contributed by atoms with Crippen molar-refractivity contribution in [3.63, 3.8) is 0 Å². The van der Waals surface area contributed by atoms with Gasteiger partial charge in [-0.3, -0.25) is 9.59 Å². The Bertz CT molecular complexity index is 988. The molecule has 0 fully saturated rings. The number of aryl methyl sites for hydroxylation is 1. The van der Waals surface area contributed by atoms with E-state index in [9.17, 15) is 14.7 Å². The topological polar surface area (TPSA) is 79.5 Å². The van der Waals surface area contributed by atoms with Crippen molar-refractivity contribution >= 4 is 16.9 Å². The summed E-state index contributed by atoms with van der Waals surface area (Å²) >= 11 is 0. The molecular formula is C19H17NO4. The molecule has 2 aromatic carbocycles. The first-order chi connectivity index (χ1) is 11.4. The third-order valence-corrected chi connectivity index (χ3v) is 3.92. The van der Waals surface area contributed by atoms with Gasteiger partial charge in [-0.2, -0.15) is 0 Å². The van der Waals surface area contributed by atoms with E-state index in [-0.39, 0.29) is 17.7 Å². The molecular weight excluding hydrogens is 306 g/mol. The number of carbonyl (C=O) groups is 1. The average Bonchev–Trinajstić information content (AvgIpc) is 2.51. The molecule has 5 nitrogen and oxygen atoms in total. The largest absolute Gasteiger partial charge is 0.508 e. The van der Waals surface area contributed by atoms with Crippen LogP contribution in [0.25, 0.3) is 10.9 Å². The van der Waals surface area contributed by atoms with Crippen molar-refractivity contribution in [3.05, 3.63) is 75.6 Å². The molecule has 3 aromatic rings. The number of carboxylic acid groups (broad SMARTS) is 1. The summed E-state index contributed by atoms with van der Waals surface area (Å²) < 4.78 is 1.58. The molecule has 0 radical (unpaired) electrons. The molecule has 0 spiro atoms. The molecule has 5 heteroatoms. The highest BCUT2D eigenvalue weighted by Gasteiger charge is 2.12. The number of hydrogen-bond donors (Lipinski definition) is 2. The van der Waals surface area contributed by atoms with Crippen molar-refractivity contribution in [2.75, 3.05) is 0 Å². The predicted octanol–water partition coefficient (Wildman–Crippen LogP) is 2.69. The van der Waals surface area contributed by atoms with Gasteiger partial charge in [0.25, 0.3) is 0 Å². The number of aliphatic carboxylic acids is 1. The van der Waals surface area contributed by atoms with Crippen molar-refractivity contribution in [2.45, 2.75) is 19.9 Å². The minimum atomic E-state index is -0.969. The number of aromatic hydroxyl groups is 1. The van der Waals surface area contributed by atoms with Crippen LogP contribution in [0.5, 0.6) is 5.75 Å². The molecule has 0 aliphatic rings. The number of benzene rings is 2. The lowest BCUT2D eigenvalue weighted by molar-refractivity contribution is -0.137.